The number of carbonyl (C=O) groups excluding carboxylic acids is 1. The molecule has 0 spiro atoms. The van der Waals surface area contributed by atoms with Gasteiger partial charge in [0.1, 0.15) is 6.10 Å². The number of alkyl halides is 3. The van der Waals surface area contributed by atoms with Crippen LogP contribution >= 0.6 is 0 Å². The normalized spacial score (nSPS) is 19.7. The van der Waals surface area contributed by atoms with Crippen LogP contribution in [0.5, 0.6) is 0 Å². The maximum Gasteiger partial charge on any atom is 0.416 e. The van der Waals surface area contributed by atoms with Gasteiger partial charge in [-0.05, 0) is 80.6 Å². The molecular formula is C25H28F3NO2. The average molecular weight is 431 g/mol. The number of hydrogen-bond donors (Lipinski definition) is 0. The largest absolute Gasteiger partial charge is 0.459 e. The minimum absolute atomic E-state index is 0.117. The zero-order valence-electron chi connectivity index (χ0n) is 17.9. The van der Waals surface area contributed by atoms with Crippen LogP contribution in [0.3, 0.4) is 0 Å². The van der Waals surface area contributed by atoms with E-state index < -0.39 is 17.7 Å². The fourth-order valence-electron chi connectivity index (χ4n) is 3.93. The zero-order chi connectivity index (χ0) is 22.4. The van der Waals surface area contributed by atoms with Crippen LogP contribution in [0.1, 0.15) is 53.9 Å². The van der Waals surface area contributed by atoms with Gasteiger partial charge in [-0.15, -0.1) is 0 Å². The Morgan fingerprint density at radius 2 is 1.61 bits per heavy atom. The maximum atomic E-state index is 12.6. The number of esters is 1. The molecule has 0 amide bonds. The van der Waals surface area contributed by atoms with Gasteiger partial charge in [0.2, 0.25) is 0 Å². The minimum Gasteiger partial charge on any atom is -0.459 e. The van der Waals surface area contributed by atoms with Crippen molar-refractivity contribution in [2.45, 2.75) is 50.4 Å². The molecule has 0 saturated heterocycles. The fourth-order valence-corrected chi connectivity index (χ4v) is 3.93. The second-order valence-corrected chi connectivity index (χ2v) is 8.34. The Balaban J connectivity index is 1.46. The summed E-state index contributed by atoms with van der Waals surface area (Å²) < 4.78 is 43.3. The third-order valence-electron chi connectivity index (χ3n) is 5.56. The maximum absolute atomic E-state index is 12.6. The molecule has 0 unspecified atom stereocenters. The first kappa shape index (κ1) is 23.1. The Kier molecular flexibility index (Phi) is 7.55. The predicted octanol–water partition coefficient (Wildman–Crippen LogP) is 6.05. The van der Waals surface area contributed by atoms with Crippen LogP contribution in [0.15, 0.2) is 54.6 Å². The van der Waals surface area contributed by atoms with Crippen LogP contribution in [0.2, 0.25) is 0 Å². The molecule has 166 valence electrons. The number of benzene rings is 2. The first-order chi connectivity index (χ1) is 14.7. The molecule has 2 aromatic carbocycles. The molecule has 1 aliphatic rings. The van der Waals surface area contributed by atoms with Crippen molar-refractivity contribution in [2.75, 3.05) is 14.1 Å². The highest BCUT2D eigenvalue weighted by Gasteiger charge is 2.29. The Hall–Kier alpha value is -2.60. The molecule has 1 saturated carbocycles. The van der Waals surface area contributed by atoms with Crippen LogP contribution in [0.25, 0.3) is 6.08 Å². The second kappa shape index (κ2) is 10.1. The van der Waals surface area contributed by atoms with Crippen molar-refractivity contribution in [3.63, 3.8) is 0 Å². The summed E-state index contributed by atoms with van der Waals surface area (Å²) >= 11 is 0. The van der Waals surface area contributed by atoms with Crippen molar-refractivity contribution in [3.05, 3.63) is 76.9 Å². The third kappa shape index (κ3) is 6.96. The van der Waals surface area contributed by atoms with Gasteiger partial charge in [0, 0.05) is 12.6 Å². The highest BCUT2D eigenvalue weighted by Crippen LogP contribution is 2.34. The number of halogens is 3. The predicted molar refractivity (Wildman–Crippen MR) is 115 cm³/mol. The lowest BCUT2D eigenvalue weighted by Crippen LogP contribution is -2.23. The van der Waals surface area contributed by atoms with Crippen molar-refractivity contribution in [3.8, 4) is 0 Å². The summed E-state index contributed by atoms with van der Waals surface area (Å²) in [6.45, 7) is 0.920. The topological polar surface area (TPSA) is 29.5 Å². The van der Waals surface area contributed by atoms with E-state index in [2.05, 4.69) is 43.3 Å². The van der Waals surface area contributed by atoms with Crippen LogP contribution in [-0.4, -0.2) is 31.1 Å². The molecule has 0 aliphatic heterocycles. The molecule has 31 heavy (non-hydrogen) atoms. The van der Waals surface area contributed by atoms with Crippen LogP contribution in [-0.2, 0) is 22.3 Å². The lowest BCUT2D eigenvalue weighted by molar-refractivity contribution is -0.144. The quantitative estimate of drug-likeness (QED) is 0.412. The van der Waals surface area contributed by atoms with Crippen molar-refractivity contribution < 1.29 is 22.7 Å². The average Bonchev–Trinajstić information content (AvgIpc) is 2.73. The number of hydrogen-bond acceptors (Lipinski definition) is 3. The Labute approximate surface area is 181 Å². The number of ether oxygens (including phenoxy) is 1. The van der Waals surface area contributed by atoms with Crippen LogP contribution < -0.4 is 0 Å². The Morgan fingerprint density at radius 1 is 1.00 bits per heavy atom. The van der Waals surface area contributed by atoms with Gasteiger partial charge in [-0.2, -0.15) is 13.2 Å². The van der Waals surface area contributed by atoms with Crippen molar-refractivity contribution >= 4 is 12.0 Å². The van der Waals surface area contributed by atoms with E-state index in [0.29, 0.717) is 11.5 Å². The number of carbonyl (C=O) groups is 1. The lowest BCUT2D eigenvalue weighted by atomic mass is 9.82. The molecule has 0 atom stereocenters. The molecule has 0 N–H and O–H groups in total. The molecule has 3 nitrogen and oxygen atoms in total. The van der Waals surface area contributed by atoms with E-state index in [-0.39, 0.29) is 6.10 Å². The molecule has 6 heteroatoms. The molecule has 2 aromatic rings. The molecule has 0 bridgehead atoms. The van der Waals surface area contributed by atoms with Gasteiger partial charge in [-0.3, -0.25) is 0 Å². The summed E-state index contributed by atoms with van der Waals surface area (Å²) in [6, 6.07) is 13.4. The van der Waals surface area contributed by atoms with Gasteiger partial charge in [-0.25, -0.2) is 4.79 Å². The Bertz CT molecular complexity index is 878. The van der Waals surface area contributed by atoms with E-state index in [4.69, 9.17) is 4.74 Å². The summed E-state index contributed by atoms with van der Waals surface area (Å²) in [7, 11) is 4.10. The molecule has 0 aromatic heterocycles. The van der Waals surface area contributed by atoms with Gasteiger partial charge in [0.05, 0.1) is 5.56 Å². The molecule has 3 rings (SSSR count). The van der Waals surface area contributed by atoms with E-state index in [1.807, 2.05) is 0 Å². The van der Waals surface area contributed by atoms with Gasteiger partial charge in [0.25, 0.3) is 0 Å². The van der Waals surface area contributed by atoms with E-state index >= 15 is 0 Å². The Morgan fingerprint density at radius 3 is 2.16 bits per heavy atom. The first-order valence-corrected chi connectivity index (χ1v) is 10.5. The standard InChI is InChI=1S/C25H28F3NO2/c1-29(2)17-19-3-8-20(9-4-19)21-10-14-23(15-11-21)31-24(30)16-7-18-5-12-22(13-6-18)25(26,27)28/h3-9,12-13,16,21,23H,10-11,14-15,17H2,1-2H3/b16-7+/t21-,23-. The van der Waals surface area contributed by atoms with Gasteiger partial charge < -0.3 is 9.64 Å². The van der Waals surface area contributed by atoms with Crippen LogP contribution in [0.4, 0.5) is 13.2 Å². The first-order valence-electron chi connectivity index (χ1n) is 10.5. The molecule has 1 fully saturated rings. The van der Waals surface area contributed by atoms with E-state index in [0.717, 1.165) is 44.4 Å². The second-order valence-electron chi connectivity index (χ2n) is 8.34. The summed E-state index contributed by atoms with van der Waals surface area (Å²) in [5, 5.41) is 0. The highest BCUT2D eigenvalue weighted by molar-refractivity contribution is 5.87. The fraction of sp³-hybridized carbons (Fsp3) is 0.400. The van der Waals surface area contributed by atoms with E-state index in [1.165, 1.54) is 35.4 Å². The van der Waals surface area contributed by atoms with Gasteiger partial charge in [0.15, 0.2) is 0 Å². The highest BCUT2D eigenvalue weighted by atomic mass is 19.4. The molecular weight excluding hydrogens is 403 g/mol. The monoisotopic (exact) mass is 431 g/mol. The van der Waals surface area contributed by atoms with Gasteiger partial charge in [-0.1, -0.05) is 36.4 Å². The summed E-state index contributed by atoms with van der Waals surface area (Å²) in [6.07, 6.45) is 1.82. The smallest absolute Gasteiger partial charge is 0.416 e. The number of rotatable bonds is 6. The van der Waals surface area contributed by atoms with Crippen molar-refractivity contribution in [1.29, 1.82) is 0 Å². The summed E-state index contributed by atoms with van der Waals surface area (Å²) in [5.74, 6) is 0.0161. The summed E-state index contributed by atoms with van der Waals surface area (Å²) in [5.41, 5.74) is 2.42. The SMILES string of the molecule is CN(C)Cc1ccc([C@H]2CC[C@H](OC(=O)/C=C/c3ccc(C(F)(F)F)cc3)CC2)cc1. The van der Waals surface area contributed by atoms with Crippen LogP contribution in [0, 0.1) is 0 Å². The molecule has 0 radical (unpaired) electrons. The zero-order valence-corrected chi connectivity index (χ0v) is 17.9. The van der Waals surface area contributed by atoms with Gasteiger partial charge >= 0.3 is 12.1 Å². The van der Waals surface area contributed by atoms with E-state index in [1.54, 1.807) is 0 Å². The van der Waals surface area contributed by atoms with Crippen molar-refractivity contribution in [1.82, 2.24) is 4.90 Å². The molecule has 0 heterocycles. The minimum atomic E-state index is -4.37. The van der Waals surface area contributed by atoms with Crippen molar-refractivity contribution in [2.24, 2.45) is 0 Å². The summed E-state index contributed by atoms with van der Waals surface area (Å²) in [4.78, 5) is 14.2. The molecule has 1 aliphatic carbocycles. The van der Waals surface area contributed by atoms with E-state index in [9.17, 15) is 18.0 Å². The number of nitrogens with zero attached hydrogens (tertiary/aromatic N) is 1. The third-order valence-corrected chi connectivity index (χ3v) is 5.56. The lowest BCUT2D eigenvalue weighted by Gasteiger charge is -2.28.